The Kier molecular flexibility index (Phi) is 7.12. The Morgan fingerprint density at radius 2 is 1.23 bits per heavy atom. The number of hydrogen-bond acceptors (Lipinski definition) is 0. The van der Waals surface area contributed by atoms with Crippen LogP contribution >= 0.6 is 0 Å². The maximum atomic E-state index is 2.38. The fraction of sp³-hybridized carbons (Fsp3) is 0.400. The Hall–Kier alpha value is -1.31. The predicted octanol–water partition coefficient (Wildman–Crippen LogP) is 1.70. The van der Waals surface area contributed by atoms with Crippen LogP contribution in [0.1, 0.15) is 37.3 Å². The zero-order valence-electron chi connectivity index (χ0n) is 14.2. The van der Waals surface area contributed by atoms with E-state index in [1.807, 2.05) is 0 Å². The number of hydrogen-bond donors (Lipinski definition) is 0. The topological polar surface area (TPSA) is 0 Å². The van der Waals surface area contributed by atoms with Crippen LogP contribution in [-0.4, -0.2) is 31.2 Å². The quantitative estimate of drug-likeness (QED) is 0.711. The highest BCUT2D eigenvalue weighted by Crippen LogP contribution is 2.31. The molecule has 0 amide bonds. The van der Waals surface area contributed by atoms with Gasteiger partial charge < -0.3 is 16.9 Å². The summed E-state index contributed by atoms with van der Waals surface area (Å²) >= 11 is 0. The van der Waals surface area contributed by atoms with Crippen molar-refractivity contribution in [3.05, 3.63) is 71.8 Å². The summed E-state index contributed by atoms with van der Waals surface area (Å²) in [6, 6.07) is 22.5. The van der Waals surface area contributed by atoms with Crippen molar-refractivity contribution >= 4 is 0 Å². The van der Waals surface area contributed by atoms with Gasteiger partial charge in [-0.2, -0.15) is 0 Å². The number of quaternary nitrogens is 1. The molecule has 0 saturated carbocycles. The van der Waals surface area contributed by atoms with E-state index in [1.165, 1.54) is 17.5 Å². The van der Waals surface area contributed by atoms with Crippen LogP contribution < -0.4 is 12.4 Å². The van der Waals surface area contributed by atoms with Gasteiger partial charge in [-0.1, -0.05) is 60.7 Å². The van der Waals surface area contributed by atoms with Crippen molar-refractivity contribution in [3.63, 3.8) is 0 Å². The van der Waals surface area contributed by atoms with Crippen molar-refractivity contribution in [2.24, 2.45) is 0 Å². The van der Waals surface area contributed by atoms with Crippen LogP contribution in [0.25, 0.3) is 0 Å². The second kappa shape index (κ2) is 8.36. The summed E-state index contributed by atoms with van der Waals surface area (Å²) in [5, 5.41) is 0. The van der Waals surface area contributed by atoms with E-state index >= 15 is 0 Å². The summed E-state index contributed by atoms with van der Waals surface area (Å²) < 4.78 is 1.07. The Balaban J connectivity index is 0.00000242. The molecule has 22 heavy (non-hydrogen) atoms. The molecule has 0 aliphatic carbocycles. The average Bonchev–Trinajstić information content (AvgIpc) is 2.54. The first kappa shape index (κ1) is 18.7. The van der Waals surface area contributed by atoms with Crippen LogP contribution in [-0.2, 0) is 0 Å². The summed E-state index contributed by atoms with van der Waals surface area (Å²) in [4.78, 5) is 0. The van der Waals surface area contributed by atoms with Crippen LogP contribution in [0.4, 0.5) is 0 Å². The highest BCUT2D eigenvalue weighted by molar-refractivity contribution is 5.32. The summed E-state index contributed by atoms with van der Waals surface area (Å²) in [5.41, 5.74) is 2.85. The molecule has 120 valence electrons. The zero-order chi connectivity index (χ0) is 15.3. The molecule has 2 aromatic carbocycles. The van der Waals surface area contributed by atoms with Crippen LogP contribution in [0.5, 0.6) is 0 Å². The van der Waals surface area contributed by atoms with Gasteiger partial charge in [0.15, 0.2) is 0 Å². The molecule has 2 heteroatoms. The third-order valence-electron chi connectivity index (χ3n) is 4.99. The van der Waals surface area contributed by atoms with Gasteiger partial charge in [0, 0.05) is 12.3 Å². The molecule has 0 bridgehead atoms. The molecular formula is C20H28ClN. The van der Waals surface area contributed by atoms with Gasteiger partial charge in [-0.05, 0) is 25.0 Å². The van der Waals surface area contributed by atoms with E-state index in [-0.39, 0.29) is 12.4 Å². The number of benzene rings is 2. The third-order valence-corrected chi connectivity index (χ3v) is 4.99. The Bertz CT molecular complexity index is 497. The Morgan fingerprint density at radius 1 is 0.818 bits per heavy atom. The molecular weight excluding hydrogens is 290 g/mol. The molecule has 0 spiro atoms. The van der Waals surface area contributed by atoms with Gasteiger partial charge in [-0.3, -0.25) is 0 Å². The van der Waals surface area contributed by atoms with Gasteiger partial charge in [0.25, 0.3) is 0 Å². The zero-order valence-corrected chi connectivity index (χ0v) is 14.9. The number of nitrogens with zero attached hydrogens (tertiary/aromatic N) is 1. The SMILES string of the molecule is CC[N+](C)(C)C(C)CC(c1ccccc1)c1ccccc1.[Cl-]. The normalized spacial score (nSPS) is 12.8. The van der Waals surface area contributed by atoms with Gasteiger partial charge in [0.05, 0.1) is 26.7 Å². The van der Waals surface area contributed by atoms with Crippen molar-refractivity contribution in [1.82, 2.24) is 0 Å². The van der Waals surface area contributed by atoms with E-state index in [4.69, 9.17) is 0 Å². The van der Waals surface area contributed by atoms with E-state index in [0.717, 1.165) is 11.0 Å². The molecule has 0 aliphatic heterocycles. The Labute approximate surface area is 142 Å². The van der Waals surface area contributed by atoms with E-state index in [2.05, 4.69) is 88.6 Å². The predicted molar refractivity (Wildman–Crippen MR) is 91.5 cm³/mol. The smallest absolute Gasteiger partial charge is 0.0866 e. The molecule has 2 rings (SSSR count). The minimum atomic E-state index is 0. The van der Waals surface area contributed by atoms with Crippen LogP contribution in [0.15, 0.2) is 60.7 Å². The lowest BCUT2D eigenvalue weighted by Gasteiger charge is -2.37. The van der Waals surface area contributed by atoms with Gasteiger partial charge in [0.1, 0.15) is 0 Å². The fourth-order valence-corrected chi connectivity index (χ4v) is 2.77. The minimum absolute atomic E-state index is 0. The largest absolute Gasteiger partial charge is 1.00 e. The summed E-state index contributed by atoms with van der Waals surface area (Å²) in [7, 11) is 4.66. The minimum Gasteiger partial charge on any atom is -1.00 e. The van der Waals surface area contributed by atoms with Crippen molar-refractivity contribution in [2.75, 3.05) is 20.6 Å². The maximum Gasteiger partial charge on any atom is 0.0866 e. The summed E-state index contributed by atoms with van der Waals surface area (Å²) in [6.07, 6.45) is 1.18. The van der Waals surface area contributed by atoms with Gasteiger partial charge in [-0.25, -0.2) is 0 Å². The molecule has 2 aromatic rings. The highest BCUT2D eigenvalue weighted by atomic mass is 35.5. The van der Waals surface area contributed by atoms with Crippen molar-refractivity contribution in [2.45, 2.75) is 32.2 Å². The lowest BCUT2D eigenvalue weighted by Crippen LogP contribution is -3.00. The molecule has 0 N–H and O–H groups in total. The first-order chi connectivity index (χ1) is 10.0. The molecule has 0 saturated heterocycles. The summed E-state index contributed by atoms with van der Waals surface area (Å²) in [5.74, 6) is 0.478. The lowest BCUT2D eigenvalue weighted by atomic mass is 9.85. The maximum absolute atomic E-state index is 2.38. The molecule has 0 aromatic heterocycles. The highest BCUT2D eigenvalue weighted by Gasteiger charge is 2.26. The van der Waals surface area contributed by atoms with E-state index in [1.54, 1.807) is 0 Å². The van der Waals surface area contributed by atoms with E-state index in [9.17, 15) is 0 Å². The number of halogens is 1. The second-order valence-electron chi connectivity index (χ2n) is 6.55. The molecule has 0 fully saturated rings. The van der Waals surface area contributed by atoms with E-state index < -0.39 is 0 Å². The molecule has 0 heterocycles. The van der Waals surface area contributed by atoms with Crippen molar-refractivity contribution in [3.8, 4) is 0 Å². The molecule has 0 aliphatic rings. The average molecular weight is 318 g/mol. The van der Waals surface area contributed by atoms with Gasteiger partial charge in [0.2, 0.25) is 0 Å². The molecule has 1 unspecified atom stereocenters. The summed E-state index contributed by atoms with van der Waals surface area (Å²) in [6.45, 7) is 5.82. The lowest BCUT2D eigenvalue weighted by molar-refractivity contribution is -0.911. The van der Waals surface area contributed by atoms with Crippen LogP contribution in [0.3, 0.4) is 0 Å². The molecule has 1 nitrogen and oxygen atoms in total. The van der Waals surface area contributed by atoms with Gasteiger partial charge >= 0.3 is 0 Å². The second-order valence-corrected chi connectivity index (χ2v) is 6.55. The molecule has 0 radical (unpaired) electrons. The molecule has 1 atom stereocenters. The third kappa shape index (κ3) is 4.59. The standard InChI is InChI=1S/C20H28N.ClH/c1-5-21(3,4)17(2)16-20(18-12-8-6-9-13-18)19-14-10-7-11-15-19;/h6-15,17,20H,5,16H2,1-4H3;1H/q+1;/p-1. The first-order valence-corrected chi connectivity index (χ1v) is 7.97. The van der Waals surface area contributed by atoms with Crippen LogP contribution in [0, 0.1) is 0 Å². The van der Waals surface area contributed by atoms with Crippen LogP contribution in [0.2, 0.25) is 0 Å². The van der Waals surface area contributed by atoms with Crippen molar-refractivity contribution < 1.29 is 16.9 Å². The Morgan fingerprint density at radius 3 is 1.59 bits per heavy atom. The number of rotatable bonds is 6. The van der Waals surface area contributed by atoms with Crippen molar-refractivity contribution in [1.29, 1.82) is 0 Å². The first-order valence-electron chi connectivity index (χ1n) is 7.97. The van der Waals surface area contributed by atoms with E-state index in [0.29, 0.717) is 12.0 Å². The van der Waals surface area contributed by atoms with Gasteiger partial charge in [-0.15, -0.1) is 0 Å². The fourth-order valence-electron chi connectivity index (χ4n) is 2.77. The monoisotopic (exact) mass is 317 g/mol.